The molecule has 0 aliphatic heterocycles. The maximum absolute atomic E-state index is 9.15. The molecule has 1 fully saturated rings. The van der Waals surface area contributed by atoms with Crippen LogP contribution in [0.2, 0.25) is 0 Å². The van der Waals surface area contributed by atoms with E-state index in [1.54, 1.807) is 7.11 Å². The minimum absolute atomic E-state index is 0.0686. The molecule has 0 spiro atoms. The molecule has 15 heavy (non-hydrogen) atoms. The lowest BCUT2D eigenvalue weighted by Crippen LogP contribution is -2.11. The molecule has 0 amide bonds. The zero-order valence-electron chi connectivity index (χ0n) is 9.18. The van der Waals surface area contributed by atoms with E-state index in [1.165, 1.54) is 12.8 Å². The molecule has 1 unspecified atom stereocenters. The molecule has 1 aromatic rings. The van der Waals surface area contributed by atoms with Gasteiger partial charge in [0.15, 0.2) is 0 Å². The average molecular weight is 211 g/mol. The number of hydrogen-bond acceptors (Lipinski definition) is 4. The van der Waals surface area contributed by atoms with E-state index in [-0.39, 0.29) is 12.7 Å². The highest BCUT2D eigenvalue weighted by molar-refractivity contribution is 5.12. The fourth-order valence-electron chi connectivity index (χ4n) is 1.70. The lowest BCUT2D eigenvalue weighted by atomic mass is 10.2. The lowest BCUT2D eigenvalue weighted by molar-refractivity contribution is 0.108. The largest absolute Gasteiger partial charge is 0.390 e. The molecule has 1 atom stereocenters. The van der Waals surface area contributed by atoms with Crippen LogP contribution in [-0.2, 0) is 17.9 Å². The summed E-state index contributed by atoms with van der Waals surface area (Å²) in [4.78, 5) is 0. The van der Waals surface area contributed by atoms with Crippen molar-refractivity contribution in [1.29, 1.82) is 0 Å². The maximum atomic E-state index is 9.15. The minimum atomic E-state index is -0.0757. The van der Waals surface area contributed by atoms with Gasteiger partial charge in [-0.3, -0.25) is 0 Å². The quantitative estimate of drug-likeness (QED) is 0.785. The van der Waals surface area contributed by atoms with E-state index in [0.29, 0.717) is 5.69 Å². The first-order valence-corrected chi connectivity index (χ1v) is 5.32. The molecule has 1 aliphatic carbocycles. The van der Waals surface area contributed by atoms with E-state index < -0.39 is 0 Å². The number of aliphatic hydroxyl groups is 1. The van der Waals surface area contributed by atoms with Gasteiger partial charge < -0.3 is 9.84 Å². The van der Waals surface area contributed by atoms with Crippen molar-refractivity contribution >= 4 is 0 Å². The highest BCUT2D eigenvalue weighted by Crippen LogP contribution is 2.31. The van der Waals surface area contributed by atoms with Crippen molar-refractivity contribution in [3.63, 3.8) is 0 Å². The summed E-state index contributed by atoms with van der Waals surface area (Å²) in [5.41, 5.74) is 1.54. The predicted molar refractivity (Wildman–Crippen MR) is 54.1 cm³/mol. The molecule has 5 heteroatoms. The van der Waals surface area contributed by atoms with Crippen molar-refractivity contribution in [3.05, 3.63) is 11.4 Å². The van der Waals surface area contributed by atoms with Gasteiger partial charge in [-0.2, -0.15) is 0 Å². The van der Waals surface area contributed by atoms with Crippen LogP contribution in [0.15, 0.2) is 0 Å². The van der Waals surface area contributed by atoms with Gasteiger partial charge in [-0.15, -0.1) is 5.10 Å². The van der Waals surface area contributed by atoms with Gasteiger partial charge in [-0.25, -0.2) is 4.68 Å². The lowest BCUT2D eigenvalue weighted by Gasteiger charge is -2.12. The highest BCUT2D eigenvalue weighted by Gasteiger charge is 2.26. The van der Waals surface area contributed by atoms with Gasteiger partial charge in [0.2, 0.25) is 0 Å². The topological polar surface area (TPSA) is 60.2 Å². The Labute approximate surface area is 89.0 Å². The molecule has 2 rings (SSSR count). The Hall–Kier alpha value is -0.940. The SMILES string of the molecule is COC(C)c1c(CO)nnn1CC1CC1. The summed E-state index contributed by atoms with van der Waals surface area (Å²) in [7, 11) is 1.65. The molecule has 1 saturated carbocycles. The van der Waals surface area contributed by atoms with E-state index in [1.807, 2.05) is 11.6 Å². The van der Waals surface area contributed by atoms with Crippen LogP contribution in [0.5, 0.6) is 0 Å². The maximum Gasteiger partial charge on any atom is 0.114 e. The van der Waals surface area contributed by atoms with Crippen molar-refractivity contribution < 1.29 is 9.84 Å². The Morgan fingerprint density at radius 2 is 2.33 bits per heavy atom. The number of nitrogens with zero attached hydrogens (tertiary/aromatic N) is 3. The minimum Gasteiger partial charge on any atom is -0.390 e. The zero-order chi connectivity index (χ0) is 10.8. The molecule has 84 valence electrons. The molecule has 0 bridgehead atoms. The van der Waals surface area contributed by atoms with E-state index in [0.717, 1.165) is 18.2 Å². The predicted octanol–water partition coefficient (Wildman–Crippen LogP) is 0.888. The standard InChI is InChI=1S/C10H17N3O2/c1-7(15-2)10-9(6-14)11-12-13(10)5-8-3-4-8/h7-8,14H,3-6H2,1-2H3. The fourth-order valence-corrected chi connectivity index (χ4v) is 1.70. The van der Waals surface area contributed by atoms with E-state index in [2.05, 4.69) is 10.3 Å². The first kappa shape index (κ1) is 10.6. The third-order valence-electron chi connectivity index (χ3n) is 2.86. The van der Waals surface area contributed by atoms with Crippen LogP contribution in [0.25, 0.3) is 0 Å². The summed E-state index contributed by atoms with van der Waals surface area (Å²) in [6, 6.07) is 0. The van der Waals surface area contributed by atoms with Crippen LogP contribution in [0.1, 0.15) is 37.3 Å². The Bertz CT molecular complexity index is 333. The van der Waals surface area contributed by atoms with Gasteiger partial charge in [0.05, 0.1) is 18.4 Å². The van der Waals surface area contributed by atoms with Crippen LogP contribution in [0.4, 0.5) is 0 Å². The molecular weight excluding hydrogens is 194 g/mol. The van der Waals surface area contributed by atoms with Gasteiger partial charge >= 0.3 is 0 Å². The van der Waals surface area contributed by atoms with Crippen LogP contribution in [-0.4, -0.2) is 27.2 Å². The molecule has 0 saturated heterocycles. The van der Waals surface area contributed by atoms with Gasteiger partial charge in [0.1, 0.15) is 5.69 Å². The normalized spacial score (nSPS) is 18.1. The zero-order valence-corrected chi connectivity index (χ0v) is 9.18. The van der Waals surface area contributed by atoms with E-state index >= 15 is 0 Å². The Morgan fingerprint density at radius 1 is 1.60 bits per heavy atom. The molecule has 0 radical (unpaired) electrons. The number of hydrogen-bond donors (Lipinski definition) is 1. The monoisotopic (exact) mass is 211 g/mol. The second-order valence-electron chi connectivity index (χ2n) is 4.08. The summed E-state index contributed by atoms with van der Waals surface area (Å²) < 4.78 is 7.14. The van der Waals surface area contributed by atoms with Crippen molar-refractivity contribution in [3.8, 4) is 0 Å². The van der Waals surface area contributed by atoms with Crippen molar-refractivity contribution in [2.75, 3.05) is 7.11 Å². The summed E-state index contributed by atoms with van der Waals surface area (Å²) in [6.07, 6.45) is 2.48. The fraction of sp³-hybridized carbons (Fsp3) is 0.800. The van der Waals surface area contributed by atoms with Crippen molar-refractivity contribution in [2.24, 2.45) is 5.92 Å². The summed E-state index contributed by atoms with van der Waals surface area (Å²) >= 11 is 0. The second-order valence-corrected chi connectivity index (χ2v) is 4.08. The van der Waals surface area contributed by atoms with Crippen molar-refractivity contribution in [1.82, 2.24) is 15.0 Å². The van der Waals surface area contributed by atoms with Crippen molar-refractivity contribution in [2.45, 2.75) is 39.0 Å². The summed E-state index contributed by atoms with van der Waals surface area (Å²) in [5, 5.41) is 17.2. The first-order valence-electron chi connectivity index (χ1n) is 5.32. The van der Waals surface area contributed by atoms with Gasteiger partial charge in [-0.05, 0) is 25.7 Å². The first-order chi connectivity index (χ1) is 7.26. The third-order valence-corrected chi connectivity index (χ3v) is 2.86. The molecule has 1 heterocycles. The Morgan fingerprint density at radius 3 is 2.87 bits per heavy atom. The van der Waals surface area contributed by atoms with Crippen LogP contribution in [0.3, 0.4) is 0 Å². The number of aromatic nitrogens is 3. The number of aliphatic hydroxyl groups excluding tert-OH is 1. The second kappa shape index (κ2) is 4.28. The molecular formula is C10H17N3O2. The third kappa shape index (κ3) is 2.18. The molecule has 1 N–H and O–H groups in total. The summed E-state index contributed by atoms with van der Waals surface area (Å²) in [5.74, 6) is 0.737. The summed E-state index contributed by atoms with van der Waals surface area (Å²) in [6.45, 7) is 2.77. The molecule has 5 nitrogen and oxygen atoms in total. The van der Waals surface area contributed by atoms with Crippen LogP contribution >= 0.6 is 0 Å². The number of methoxy groups -OCH3 is 1. The van der Waals surface area contributed by atoms with Gasteiger partial charge in [0, 0.05) is 13.7 Å². The molecule has 1 aromatic heterocycles. The average Bonchev–Trinajstić information content (AvgIpc) is 2.96. The van der Waals surface area contributed by atoms with Gasteiger partial charge in [0.25, 0.3) is 0 Å². The van der Waals surface area contributed by atoms with E-state index in [9.17, 15) is 0 Å². The Kier molecular flexibility index (Phi) is 3.02. The highest BCUT2D eigenvalue weighted by atomic mass is 16.5. The van der Waals surface area contributed by atoms with Crippen LogP contribution < -0.4 is 0 Å². The van der Waals surface area contributed by atoms with Crippen LogP contribution in [0, 0.1) is 5.92 Å². The molecule has 1 aliphatic rings. The Balaban J connectivity index is 2.22. The van der Waals surface area contributed by atoms with Gasteiger partial charge in [-0.1, -0.05) is 5.21 Å². The smallest absolute Gasteiger partial charge is 0.114 e. The van der Waals surface area contributed by atoms with E-state index in [4.69, 9.17) is 9.84 Å². The number of ether oxygens (including phenoxy) is 1. The molecule has 0 aromatic carbocycles. The number of rotatable bonds is 5.